The van der Waals surface area contributed by atoms with E-state index in [0.717, 1.165) is 23.0 Å². The molecule has 4 heteroatoms. The zero-order valence-electron chi connectivity index (χ0n) is 14.3. The normalized spacial score (nSPS) is 10.2. The van der Waals surface area contributed by atoms with Gasteiger partial charge in [-0.2, -0.15) is 0 Å². The van der Waals surface area contributed by atoms with Crippen LogP contribution in [0.4, 0.5) is 0 Å². The summed E-state index contributed by atoms with van der Waals surface area (Å²) in [5, 5.41) is 0. The molecule has 0 bridgehead atoms. The Morgan fingerprint density at radius 2 is 1.62 bits per heavy atom. The highest BCUT2D eigenvalue weighted by atomic mass is 16.5. The van der Waals surface area contributed by atoms with Crippen LogP contribution in [-0.4, -0.2) is 19.4 Å². The molecule has 0 aromatic heterocycles. The van der Waals surface area contributed by atoms with Crippen LogP contribution >= 0.6 is 0 Å². The highest BCUT2D eigenvalue weighted by Gasteiger charge is 2.09. The number of esters is 1. The van der Waals surface area contributed by atoms with Gasteiger partial charge >= 0.3 is 5.97 Å². The summed E-state index contributed by atoms with van der Waals surface area (Å²) in [6.07, 6.45) is 0.784. The average Bonchev–Trinajstić information content (AvgIpc) is 2.72. The fourth-order valence-electron chi connectivity index (χ4n) is 2.60. The minimum Gasteiger partial charge on any atom is -0.488 e. The summed E-state index contributed by atoms with van der Waals surface area (Å²) in [6.45, 7) is 0.398. The summed E-state index contributed by atoms with van der Waals surface area (Å²) >= 11 is 0. The second-order valence-corrected chi connectivity index (χ2v) is 5.71. The minimum atomic E-state index is -0.380. The molecule has 4 nitrogen and oxygen atoms in total. The molecule has 0 aliphatic heterocycles. The van der Waals surface area contributed by atoms with Crippen LogP contribution in [0.15, 0.2) is 72.8 Å². The van der Waals surface area contributed by atoms with E-state index in [1.165, 1.54) is 7.11 Å². The van der Waals surface area contributed by atoms with Crippen LogP contribution in [0.25, 0.3) is 11.1 Å². The lowest BCUT2D eigenvalue weighted by molar-refractivity contribution is 0.0600. The molecule has 130 valence electrons. The van der Waals surface area contributed by atoms with E-state index >= 15 is 0 Å². The molecule has 0 atom stereocenters. The molecule has 0 unspecified atom stereocenters. The van der Waals surface area contributed by atoms with Crippen LogP contribution in [0.1, 0.15) is 26.3 Å². The van der Waals surface area contributed by atoms with Crippen molar-refractivity contribution in [1.29, 1.82) is 0 Å². The fourth-order valence-corrected chi connectivity index (χ4v) is 2.60. The predicted molar refractivity (Wildman–Crippen MR) is 99.4 cm³/mol. The van der Waals surface area contributed by atoms with E-state index in [9.17, 15) is 9.59 Å². The van der Waals surface area contributed by atoms with Gasteiger partial charge in [0.15, 0.2) is 6.29 Å². The average molecular weight is 346 g/mol. The molecule has 0 aliphatic rings. The van der Waals surface area contributed by atoms with Crippen molar-refractivity contribution in [3.05, 3.63) is 89.5 Å². The molecule has 0 fully saturated rings. The fraction of sp³-hybridized carbons (Fsp3) is 0.0909. The van der Waals surface area contributed by atoms with Crippen molar-refractivity contribution in [2.75, 3.05) is 7.11 Å². The highest BCUT2D eigenvalue weighted by molar-refractivity contribution is 5.90. The molecule has 0 N–H and O–H groups in total. The summed E-state index contributed by atoms with van der Waals surface area (Å²) in [6, 6.07) is 22.3. The van der Waals surface area contributed by atoms with Crippen molar-refractivity contribution in [2.24, 2.45) is 0 Å². The minimum absolute atomic E-state index is 0.380. The first-order chi connectivity index (χ1) is 12.7. The molecule has 3 aromatic carbocycles. The summed E-state index contributed by atoms with van der Waals surface area (Å²) in [7, 11) is 1.35. The van der Waals surface area contributed by atoms with E-state index < -0.39 is 0 Å². The smallest absolute Gasteiger partial charge is 0.337 e. The lowest BCUT2D eigenvalue weighted by Gasteiger charge is -2.11. The van der Waals surface area contributed by atoms with E-state index in [4.69, 9.17) is 9.47 Å². The molecule has 0 aliphatic carbocycles. The molecular weight excluding hydrogens is 328 g/mol. The number of ether oxygens (including phenoxy) is 2. The summed E-state index contributed by atoms with van der Waals surface area (Å²) in [5.74, 6) is 0.161. The lowest BCUT2D eigenvalue weighted by Crippen LogP contribution is -2.00. The molecule has 3 aromatic rings. The van der Waals surface area contributed by atoms with E-state index in [1.54, 1.807) is 24.3 Å². The van der Waals surface area contributed by atoms with Gasteiger partial charge in [-0.1, -0.05) is 48.5 Å². The van der Waals surface area contributed by atoms with Crippen molar-refractivity contribution in [3.8, 4) is 16.9 Å². The third-order valence-electron chi connectivity index (χ3n) is 4.01. The number of benzene rings is 3. The van der Waals surface area contributed by atoms with Crippen molar-refractivity contribution >= 4 is 12.3 Å². The molecule has 0 saturated carbocycles. The Morgan fingerprint density at radius 3 is 2.27 bits per heavy atom. The highest BCUT2D eigenvalue weighted by Crippen LogP contribution is 2.27. The number of methoxy groups -OCH3 is 1. The van der Waals surface area contributed by atoms with Crippen molar-refractivity contribution in [1.82, 2.24) is 0 Å². The molecule has 0 saturated heterocycles. The van der Waals surface area contributed by atoms with Gasteiger partial charge in [-0.15, -0.1) is 0 Å². The van der Waals surface area contributed by atoms with Crippen molar-refractivity contribution in [3.63, 3.8) is 0 Å². The van der Waals surface area contributed by atoms with Crippen LogP contribution in [0.3, 0.4) is 0 Å². The molecule has 0 heterocycles. The number of aldehydes is 1. The van der Waals surface area contributed by atoms with Gasteiger partial charge in [0.25, 0.3) is 0 Å². The van der Waals surface area contributed by atoms with Crippen molar-refractivity contribution < 1.29 is 19.1 Å². The largest absolute Gasteiger partial charge is 0.488 e. The Balaban J connectivity index is 1.80. The Labute approximate surface area is 152 Å². The van der Waals surface area contributed by atoms with Gasteiger partial charge in [0.2, 0.25) is 0 Å². The van der Waals surface area contributed by atoms with E-state index in [1.807, 2.05) is 48.5 Å². The van der Waals surface area contributed by atoms with E-state index in [2.05, 4.69) is 0 Å². The van der Waals surface area contributed by atoms with E-state index in [0.29, 0.717) is 23.5 Å². The van der Waals surface area contributed by atoms with Gasteiger partial charge in [0, 0.05) is 0 Å². The van der Waals surface area contributed by atoms with Gasteiger partial charge in [0.1, 0.15) is 12.4 Å². The second-order valence-electron chi connectivity index (χ2n) is 5.71. The monoisotopic (exact) mass is 346 g/mol. The molecule has 0 amide bonds. The zero-order valence-corrected chi connectivity index (χ0v) is 14.3. The third kappa shape index (κ3) is 3.98. The van der Waals surface area contributed by atoms with Gasteiger partial charge < -0.3 is 9.47 Å². The summed E-state index contributed by atoms with van der Waals surface area (Å²) in [4.78, 5) is 23.0. The summed E-state index contributed by atoms with van der Waals surface area (Å²) < 4.78 is 10.5. The maximum Gasteiger partial charge on any atom is 0.337 e. The number of carbonyl (C=O) groups excluding carboxylic acids is 2. The molecule has 3 rings (SSSR count). The first-order valence-corrected chi connectivity index (χ1v) is 8.16. The number of carbonyl (C=O) groups is 2. The Morgan fingerprint density at radius 1 is 0.923 bits per heavy atom. The van der Waals surface area contributed by atoms with Crippen LogP contribution in [-0.2, 0) is 11.3 Å². The van der Waals surface area contributed by atoms with Gasteiger partial charge in [-0.3, -0.25) is 4.79 Å². The predicted octanol–water partition coefficient (Wildman–Crippen LogP) is 4.53. The number of hydrogen-bond acceptors (Lipinski definition) is 4. The lowest BCUT2D eigenvalue weighted by atomic mass is 10.0. The van der Waals surface area contributed by atoms with Crippen molar-refractivity contribution in [2.45, 2.75) is 6.61 Å². The first-order valence-electron chi connectivity index (χ1n) is 8.16. The standard InChI is InChI=1S/C22H18O4/c1-25-22(24)18-9-7-17(8-10-18)19-11-12-21(20(13-19)14-23)26-15-16-5-3-2-4-6-16/h2-14H,15H2,1H3. The second kappa shape index (κ2) is 8.12. The molecule has 26 heavy (non-hydrogen) atoms. The zero-order chi connectivity index (χ0) is 18.4. The van der Waals surface area contributed by atoms with E-state index in [-0.39, 0.29) is 5.97 Å². The molecule has 0 radical (unpaired) electrons. The third-order valence-corrected chi connectivity index (χ3v) is 4.01. The molecule has 0 spiro atoms. The number of rotatable bonds is 6. The van der Waals surface area contributed by atoms with Crippen LogP contribution in [0.2, 0.25) is 0 Å². The van der Waals surface area contributed by atoms with Crippen LogP contribution < -0.4 is 4.74 Å². The topological polar surface area (TPSA) is 52.6 Å². The van der Waals surface area contributed by atoms with Gasteiger partial charge in [0.05, 0.1) is 18.2 Å². The maximum absolute atomic E-state index is 11.5. The maximum atomic E-state index is 11.5. The van der Waals surface area contributed by atoms with Gasteiger partial charge in [-0.05, 0) is 41.0 Å². The quantitative estimate of drug-likeness (QED) is 0.486. The Kier molecular flexibility index (Phi) is 5.44. The SMILES string of the molecule is COC(=O)c1ccc(-c2ccc(OCc3ccccc3)c(C=O)c2)cc1. The van der Waals surface area contributed by atoms with Crippen LogP contribution in [0, 0.1) is 0 Å². The Hall–Kier alpha value is -3.40. The van der Waals surface area contributed by atoms with Gasteiger partial charge in [-0.25, -0.2) is 4.79 Å². The first kappa shape index (κ1) is 17.4. The van der Waals surface area contributed by atoms with Crippen LogP contribution in [0.5, 0.6) is 5.75 Å². The number of hydrogen-bond donors (Lipinski definition) is 0. The molecular formula is C22H18O4. The summed E-state index contributed by atoms with van der Waals surface area (Å²) in [5.41, 5.74) is 3.77. The Bertz CT molecular complexity index is 899.